The quantitative estimate of drug-likeness (QED) is 0.0861. The lowest BCUT2D eigenvalue weighted by Crippen LogP contribution is -2.36. The highest BCUT2D eigenvalue weighted by Gasteiger charge is 2.29. The van der Waals surface area contributed by atoms with E-state index in [-0.39, 0.29) is 12.1 Å². The molecule has 1 heterocycles. The molecule has 0 radical (unpaired) electrons. The molecule has 0 unspecified atom stereocenters. The Morgan fingerprint density at radius 1 is 0.750 bits per heavy atom. The van der Waals surface area contributed by atoms with E-state index in [0.717, 1.165) is 30.1 Å². The molecule has 0 bridgehead atoms. The molecule has 218 valence electrons. The van der Waals surface area contributed by atoms with Crippen molar-refractivity contribution in [2.75, 3.05) is 12.7 Å². The van der Waals surface area contributed by atoms with E-state index in [1.165, 1.54) is 77.0 Å². The molecule has 1 aromatic heterocycles. The maximum Gasteiger partial charge on any atom is 0.243 e. The Kier molecular flexibility index (Phi) is 14.9. The van der Waals surface area contributed by atoms with Gasteiger partial charge in [-0.1, -0.05) is 132 Å². The van der Waals surface area contributed by atoms with Crippen molar-refractivity contribution >= 4 is 23.7 Å². The normalized spacial score (nSPS) is 11.5. The molecule has 0 fully saturated rings. The largest absolute Gasteiger partial charge is 0.356 e. The van der Waals surface area contributed by atoms with Crippen molar-refractivity contribution in [2.45, 2.75) is 103 Å². The van der Waals surface area contributed by atoms with Gasteiger partial charge in [-0.05, 0) is 12.8 Å². The van der Waals surface area contributed by atoms with Gasteiger partial charge in [0.05, 0.1) is 19.3 Å². The Morgan fingerprint density at radius 3 is 1.82 bits per heavy atom. The van der Waals surface area contributed by atoms with Crippen LogP contribution in [0.25, 0.3) is 0 Å². The SMILES string of the molecule is CCCCCCCCCCCCCCn1cc[n+](CCCNC(=O)CP(=O)(c2ccccc2)c2ccccc2)c1. The predicted octanol–water partition coefficient (Wildman–Crippen LogP) is 7.00. The van der Waals surface area contributed by atoms with Crippen LogP contribution in [0.1, 0.15) is 90.4 Å². The minimum absolute atomic E-state index is 0.0103. The third kappa shape index (κ3) is 11.5. The number of hydrogen-bond donors (Lipinski definition) is 1. The molecule has 3 rings (SSSR count). The number of amides is 1. The van der Waals surface area contributed by atoms with Crippen LogP contribution in [0.4, 0.5) is 0 Å². The molecule has 0 saturated heterocycles. The molecule has 0 aliphatic carbocycles. The van der Waals surface area contributed by atoms with E-state index in [9.17, 15) is 9.36 Å². The minimum atomic E-state index is -3.03. The van der Waals surface area contributed by atoms with Crippen LogP contribution in [0.3, 0.4) is 0 Å². The van der Waals surface area contributed by atoms with E-state index in [0.29, 0.717) is 6.54 Å². The Balaban J connectivity index is 1.28. The number of carbonyl (C=O) groups excluding carboxylic acids is 1. The second kappa shape index (κ2) is 18.7. The van der Waals surface area contributed by atoms with Crippen molar-refractivity contribution in [3.63, 3.8) is 0 Å². The van der Waals surface area contributed by atoms with Gasteiger partial charge in [0.2, 0.25) is 12.2 Å². The zero-order chi connectivity index (χ0) is 28.3. The van der Waals surface area contributed by atoms with Gasteiger partial charge >= 0.3 is 0 Å². The van der Waals surface area contributed by atoms with Crippen molar-refractivity contribution in [1.29, 1.82) is 0 Å². The second-order valence-corrected chi connectivity index (χ2v) is 13.9. The number of nitrogens with zero attached hydrogens (tertiary/aromatic N) is 2. The fourth-order valence-electron chi connectivity index (χ4n) is 5.26. The standard InChI is InChI=1S/C34H50N3O2P/c1-2-3-4-5-6-7-8-9-10-11-12-19-26-36-28-29-37(31-36)27-20-25-35-34(38)30-40(39,32-21-15-13-16-22-32)33-23-17-14-18-24-33/h13-18,21-24,28-29,31H,2-12,19-20,25-27,30H2,1H3/p+1. The van der Waals surface area contributed by atoms with E-state index in [1.54, 1.807) is 0 Å². The molecule has 6 heteroatoms. The summed E-state index contributed by atoms with van der Waals surface area (Å²) in [6.07, 6.45) is 23.7. The van der Waals surface area contributed by atoms with Gasteiger partial charge in [-0.2, -0.15) is 0 Å². The van der Waals surface area contributed by atoms with E-state index < -0.39 is 7.14 Å². The lowest BCUT2D eigenvalue weighted by Gasteiger charge is -2.19. The Labute approximate surface area is 242 Å². The van der Waals surface area contributed by atoms with Gasteiger partial charge in [-0.3, -0.25) is 4.79 Å². The molecular formula is C34H51N3O2P+. The third-order valence-electron chi connectivity index (χ3n) is 7.64. The number of benzene rings is 2. The summed E-state index contributed by atoms with van der Waals surface area (Å²) >= 11 is 0. The molecule has 3 aromatic rings. The summed E-state index contributed by atoms with van der Waals surface area (Å²) in [7, 11) is -3.03. The van der Waals surface area contributed by atoms with Crippen molar-refractivity contribution in [1.82, 2.24) is 9.88 Å². The Morgan fingerprint density at radius 2 is 1.27 bits per heavy atom. The third-order valence-corrected chi connectivity index (χ3v) is 10.6. The summed E-state index contributed by atoms with van der Waals surface area (Å²) in [4.78, 5) is 12.8. The zero-order valence-electron chi connectivity index (χ0n) is 24.7. The fraction of sp³-hybridized carbons (Fsp3) is 0.529. The topological polar surface area (TPSA) is 55.0 Å². The average Bonchev–Trinajstić information content (AvgIpc) is 3.44. The molecule has 0 spiro atoms. The second-order valence-electron chi connectivity index (χ2n) is 11.1. The molecule has 5 nitrogen and oxygen atoms in total. The van der Waals surface area contributed by atoms with Crippen molar-refractivity contribution in [3.8, 4) is 0 Å². The van der Waals surface area contributed by atoms with Gasteiger partial charge in [0, 0.05) is 23.6 Å². The van der Waals surface area contributed by atoms with Crippen molar-refractivity contribution in [2.24, 2.45) is 0 Å². The number of aryl methyl sites for hydroxylation is 2. The first-order valence-corrected chi connectivity index (χ1v) is 17.5. The van der Waals surface area contributed by atoms with Gasteiger partial charge in [-0.25, -0.2) is 9.13 Å². The highest BCUT2D eigenvalue weighted by atomic mass is 31.2. The summed E-state index contributed by atoms with van der Waals surface area (Å²) in [5, 5.41) is 4.45. The van der Waals surface area contributed by atoms with Crippen molar-refractivity contribution in [3.05, 3.63) is 79.4 Å². The van der Waals surface area contributed by atoms with E-state index in [2.05, 4.69) is 40.1 Å². The molecule has 1 N–H and O–H groups in total. The van der Waals surface area contributed by atoms with Crippen LogP contribution in [0.15, 0.2) is 79.4 Å². The molecule has 0 aliphatic heterocycles. The summed E-state index contributed by atoms with van der Waals surface area (Å²) < 4.78 is 18.5. The fourth-order valence-corrected chi connectivity index (χ4v) is 7.74. The smallest absolute Gasteiger partial charge is 0.243 e. The highest BCUT2D eigenvalue weighted by Crippen LogP contribution is 2.42. The number of aromatic nitrogens is 2. The first-order chi connectivity index (χ1) is 19.6. The minimum Gasteiger partial charge on any atom is -0.356 e. The van der Waals surface area contributed by atoms with Crippen LogP contribution in [0.2, 0.25) is 0 Å². The van der Waals surface area contributed by atoms with Gasteiger partial charge in [0.25, 0.3) is 0 Å². The Hall–Kier alpha value is -2.65. The summed E-state index contributed by atoms with van der Waals surface area (Å²) in [6.45, 7) is 4.76. The maximum absolute atomic E-state index is 14.0. The molecule has 0 aliphatic rings. The van der Waals surface area contributed by atoms with E-state index in [1.807, 2.05) is 60.7 Å². The molecule has 0 saturated carbocycles. The van der Waals surface area contributed by atoms with Gasteiger partial charge in [0.15, 0.2) is 7.14 Å². The van der Waals surface area contributed by atoms with Crippen LogP contribution in [-0.2, 0) is 22.4 Å². The molecule has 0 atom stereocenters. The van der Waals surface area contributed by atoms with Gasteiger partial charge in [-0.15, -0.1) is 0 Å². The summed E-state index contributed by atoms with van der Waals surface area (Å²) in [6, 6.07) is 18.8. The van der Waals surface area contributed by atoms with Crippen LogP contribution in [0.5, 0.6) is 0 Å². The zero-order valence-corrected chi connectivity index (χ0v) is 25.6. The predicted molar refractivity (Wildman–Crippen MR) is 168 cm³/mol. The van der Waals surface area contributed by atoms with E-state index >= 15 is 0 Å². The first kappa shape index (κ1) is 31.9. The highest BCUT2D eigenvalue weighted by molar-refractivity contribution is 7.79. The lowest BCUT2D eigenvalue weighted by molar-refractivity contribution is -0.696. The number of nitrogens with one attached hydrogen (secondary N) is 1. The van der Waals surface area contributed by atoms with Crippen LogP contribution in [-0.4, -0.2) is 23.2 Å². The Bertz CT molecular complexity index is 1090. The number of imidazole rings is 1. The summed E-state index contributed by atoms with van der Waals surface area (Å²) in [5.41, 5.74) is 0. The van der Waals surface area contributed by atoms with Crippen LogP contribution >= 0.6 is 7.14 Å². The molecular weight excluding hydrogens is 513 g/mol. The van der Waals surface area contributed by atoms with Gasteiger partial charge < -0.3 is 9.88 Å². The van der Waals surface area contributed by atoms with Crippen LogP contribution < -0.4 is 20.5 Å². The van der Waals surface area contributed by atoms with Crippen LogP contribution in [0, 0.1) is 0 Å². The van der Waals surface area contributed by atoms with Crippen molar-refractivity contribution < 1.29 is 13.9 Å². The monoisotopic (exact) mass is 564 g/mol. The first-order valence-electron chi connectivity index (χ1n) is 15.6. The maximum atomic E-state index is 14.0. The summed E-state index contributed by atoms with van der Waals surface area (Å²) in [5.74, 6) is -0.161. The number of rotatable bonds is 21. The lowest BCUT2D eigenvalue weighted by atomic mass is 10.1. The molecule has 40 heavy (non-hydrogen) atoms. The number of hydrogen-bond acceptors (Lipinski definition) is 2. The van der Waals surface area contributed by atoms with E-state index in [4.69, 9.17) is 0 Å². The number of carbonyl (C=O) groups is 1. The average molecular weight is 565 g/mol. The molecule has 1 amide bonds. The van der Waals surface area contributed by atoms with Gasteiger partial charge in [0.1, 0.15) is 12.4 Å². The number of unbranched alkanes of at least 4 members (excludes halogenated alkanes) is 11. The molecule has 2 aromatic carbocycles.